The number of ether oxygens (including phenoxy) is 2. The van der Waals surface area contributed by atoms with Gasteiger partial charge in [0.15, 0.2) is 0 Å². The molecule has 5 nitrogen and oxygen atoms in total. The Kier molecular flexibility index (Phi) is 7.15. The molecule has 1 aromatic rings. The highest BCUT2D eigenvalue weighted by Gasteiger charge is 2.21. The van der Waals surface area contributed by atoms with Gasteiger partial charge in [0.2, 0.25) is 5.91 Å². The van der Waals surface area contributed by atoms with Gasteiger partial charge in [0, 0.05) is 18.9 Å². The summed E-state index contributed by atoms with van der Waals surface area (Å²) in [6.07, 6.45) is 4.13. The van der Waals surface area contributed by atoms with E-state index < -0.39 is 0 Å². The molecule has 3 rings (SSSR count). The van der Waals surface area contributed by atoms with Crippen molar-refractivity contribution in [3.63, 3.8) is 0 Å². The molecule has 2 aliphatic rings. The molecule has 1 unspecified atom stereocenters. The highest BCUT2D eigenvalue weighted by atomic mass is 35.5. The Morgan fingerprint density at radius 3 is 2.61 bits per heavy atom. The van der Waals surface area contributed by atoms with Crippen molar-refractivity contribution in [2.45, 2.75) is 31.7 Å². The van der Waals surface area contributed by atoms with Gasteiger partial charge >= 0.3 is 0 Å². The average molecular weight is 341 g/mol. The summed E-state index contributed by atoms with van der Waals surface area (Å²) in [4.78, 5) is 12.0. The number of benzene rings is 1. The highest BCUT2D eigenvalue weighted by Crippen LogP contribution is 2.20. The van der Waals surface area contributed by atoms with E-state index >= 15 is 0 Å². The predicted molar refractivity (Wildman–Crippen MR) is 92.4 cm³/mol. The Hall–Kier alpha value is -1.30. The zero-order valence-electron chi connectivity index (χ0n) is 13.3. The van der Waals surface area contributed by atoms with Crippen LogP contribution < -0.4 is 15.4 Å². The second-order valence-corrected chi connectivity index (χ2v) is 6.03. The van der Waals surface area contributed by atoms with E-state index in [1.165, 1.54) is 0 Å². The monoisotopic (exact) mass is 340 g/mol. The second-order valence-electron chi connectivity index (χ2n) is 6.03. The van der Waals surface area contributed by atoms with E-state index in [1.807, 2.05) is 24.3 Å². The van der Waals surface area contributed by atoms with Crippen LogP contribution in [0.4, 0.5) is 5.69 Å². The lowest BCUT2D eigenvalue weighted by molar-refractivity contribution is -0.117. The van der Waals surface area contributed by atoms with Crippen molar-refractivity contribution >= 4 is 24.0 Å². The number of rotatable bonds is 5. The molecule has 0 radical (unpaired) electrons. The number of amides is 1. The second kappa shape index (κ2) is 9.11. The fraction of sp³-hybridized carbons (Fsp3) is 0.588. The average Bonchev–Trinajstić information content (AvgIpc) is 3.10. The molecule has 0 saturated carbocycles. The smallest absolute Gasteiger partial charge is 0.241 e. The number of hydrogen-bond donors (Lipinski definition) is 2. The lowest BCUT2D eigenvalue weighted by Crippen LogP contribution is -2.35. The van der Waals surface area contributed by atoms with Crippen LogP contribution in [0.25, 0.3) is 0 Å². The quantitative estimate of drug-likeness (QED) is 0.865. The molecule has 6 heteroatoms. The van der Waals surface area contributed by atoms with Gasteiger partial charge in [-0.05, 0) is 62.4 Å². The van der Waals surface area contributed by atoms with Crippen molar-refractivity contribution in [2.24, 2.45) is 5.92 Å². The van der Waals surface area contributed by atoms with Gasteiger partial charge in [0.25, 0.3) is 0 Å². The van der Waals surface area contributed by atoms with E-state index in [4.69, 9.17) is 9.47 Å². The number of carbonyl (C=O) groups excluding carboxylic acids is 1. The van der Waals surface area contributed by atoms with E-state index in [0.717, 1.165) is 63.5 Å². The topological polar surface area (TPSA) is 59.6 Å². The van der Waals surface area contributed by atoms with Gasteiger partial charge in [-0.25, -0.2) is 0 Å². The third-order valence-electron chi connectivity index (χ3n) is 4.33. The van der Waals surface area contributed by atoms with E-state index in [9.17, 15) is 4.79 Å². The first kappa shape index (κ1) is 18.0. The maximum absolute atomic E-state index is 12.0. The molecular weight excluding hydrogens is 316 g/mol. The van der Waals surface area contributed by atoms with Crippen LogP contribution in [0.15, 0.2) is 24.3 Å². The van der Waals surface area contributed by atoms with Crippen LogP contribution in [0.2, 0.25) is 0 Å². The van der Waals surface area contributed by atoms with Crippen molar-refractivity contribution in [1.29, 1.82) is 0 Å². The number of anilines is 1. The van der Waals surface area contributed by atoms with E-state index in [2.05, 4.69) is 10.6 Å². The standard InChI is InChI=1S/C17H24N2O3.ClH/c20-17(16-2-1-9-18-16)19-14-3-5-15(6-4-14)22-12-13-7-10-21-11-8-13;/h3-6,13,16,18H,1-2,7-12H2,(H,19,20);1H. The minimum Gasteiger partial charge on any atom is -0.493 e. The zero-order valence-corrected chi connectivity index (χ0v) is 14.1. The number of carbonyl (C=O) groups is 1. The van der Waals surface area contributed by atoms with Gasteiger partial charge < -0.3 is 20.1 Å². The molecule has 2 heterocycles. The molecule has 2 N–H and O–H groups in total. The SMILES string of the molecule is Cl.O=C(Nc1ccc(OCC2CCOCC2)cc1)C1CCCN1. The van der Waals surface area contributed by atoms with Gasteiger partial charge in [-0.15, -0.1) is 12.4 Å². The summed E-state index contributed by atoms with van der Waals surface area (Å²) in [6.45, 7) is 3.35. The molecule has 23 heavy (non-hydrogen) atoms. The maximum Gasteiger partial charge on any atom is 0.241 e. The zero-order chi connectivity index (χ0) is 15.2. The molecule has 0 bridgehead atoms. The molecule has 0 aromatic heterocycles. The molecule has 0 aliphatic carbocycles. The number of nitrogens with one attached hydrogen (secondary N) is 2. The van der Waals surface area contributed by atoms with Crippen LogP contribution in [0.5, 0.6) is 5.75 Å². The molecule has 2 saturated heterocycles. The van der Waals surface area contributed by atoms with Crippen LogP contribution >= 0.6 is 12.4 Å². The summed E-state index contributed by atoms with van der Waals surface area (Å²) in [5.74, 6) is 1.48. The Balaban J connectivity index is 0.00000192. The fourth-order valence-corrected chi connectivity index (χ4v) is 2.90. The highest BCUT2D eigenvalue weighted by molar-refractivity contribution is 5.95. The Morgan fingerprint density at radius 2 is 1.96 bits per heavy atom. The third kappa shape index (κ3) is 5.37. The largest absolute Gasteiger partial charge is 0.493 e. The van der Waals surface area contributed by atoms with Crippen LogP contribution in [-0.2, 0) is 9.53 Å². The van der Waals surface area contributed by atoms with E-state index in [1.54, 1.807) is 0 Å². The molecular formula is C17H25ClN2O3. The minimum atomic E-state index is -0.0514. The summed E-state index contributed by atoms with van der Waals surface area (Å²) in [5, 5.41) is 6.14. The normalized spacial score (nSPS) is 21.5. The van der Waals surface area contributed by atoms with Crippen molar-refractivity contribution in [3.05, 3.63) is 24.3 Å². The van der Waals surface area contributed by atoms with Crippen molar-refractivity contribution in [3.8, 4) is 5.75 Å². The van der Waals surface area contributed by atoms with Gasteiger partial charge in [0.1, 0.15) is 5.75 Å². The fourth-order valence-electron chi connectivity index (χ4n) is 2.90. The summed E-state index contributed by atoms with van der Waals surface area (Å²) in [7, 11) is 0. The molecule has 1 atom stereocenters. The Morgan fingerprint density at radius 1 is 1.22 bits per heavy atom. The summed E-state index contributed by atoms with van der Waals surface area (Å²) >= 11 is 0. The van der Waals surface area contributed by atoms with E-state index in [-0.39, 0.29) is 24.4 Å². The summed E-state index contributed by atoms with van der Waals surface area (Å²) in [6, 6.07) is 7.57. The minimum absolute atomic E-state index is 0. The summed E-state index contributed by atoms with van der Waals surface area (Å²) in [5.41, 5.74) is 0.817. The summed E-state index contributed by atoms with van der Waals surface area (Å²) < 4.78 is 11.2. The van der Waals surface area contributed by atoms with E-state index in [0.29, 0.717) is 5.92 Å². The van der Waals surface area contributed by atoms with Gasteiger partial charge in [-0.2, -0.15) is 0 Å². The van der Waals surface area contributed by atoms with Crippen LogP contribution in [-0.4, -0.2) is 38.3 Å². The first-order chi connectivity index (χ1) is 10.8. The maximum atomic E-state index is 12.0. The molecule has 128 valence electrons. The van der Waals surface area contributed by atoms with Gasteiger partial charge in [-0.1, -0.05) is 0 Å². The van der Waals surface area contributed by atoms with Crippen LogP contribution in [0, 0.1) is 5.92 Å². The third-order valence-corrected chi connectivity index (χ3v) is 4.33. The van der Waals surface area contributed by atoms with Crippen molar-refractivity contribution in [2.75, 3.05) is 31.7 Å². The number of halogens is 1. The molecule has 1 aromatic carbocycles. The molecule has 2 fully saturated rings. The van der Waals surface area contributed by atoms with Crippen molar-refractivity contribution < 1.29 is 14.3 Å². The molecule has 1 amide bonds. The predicted octanol–water partition coefficient (Wildman–Crippen LogP) is 2.60. The first-order valence-corrected chi connectivity index (χ1v) is 8.16. The number of hydrogen-bond acceptors (Lipinski definition) is 4. The first-order valence-electron chi connectivity index (χ1n) is 8.16. The van der Waals surface area contributed by atoms with Crippen molar-refractivity contribution in [1.82, 2.24) is 5.32 Å². The van der Waals surface area contributed by atoms with Crippen LogP contribution in [0.3, 0.4) is 0 Å². The lowest BCUT2D eigenvalue weighted by Gasteiger charge is -2.22. The molecule has 2 aliphatic heterocycles. The van der Waals surface area contributed by atoms with Gasteiger partial charge in [0.05, 0.1) is 12.6 Å². The Bertz CT molecular complexity index is 483. The Labute approximate surface area is 143 Å². The molecule has 0 spiro atoms. The lowest BCUT2D eigenvalue weighted by atomic mass is 10.0. The van der Waals surface area contributed by atoms with Gasteiger partial charge in [-0.3, -0.25) is 4.79 Å². The van der Waals surface area contributed by atoms with Crippen LogP contribution in [0.1, 0.15) is 25.7 Å².